The summed E-state index contributed by atoms with van der Waals surface area (Å²) in [5.74, 6) is -2.29. The Morgan fingerprint density at radius 2 is 1.80 bits per heavy atom. The number of carbonyl (C=O) groups is 4. The van der Waals surface area contributed by atoms with Crippen LogP contribution in [0.3, 0.4) is 0 Å². The number of carboxylic acids is 1. The van der Waals surface area contributed by atoms with Crippen LogP contribution in [0.15, 0.2) is 22.6 Å². The molecule has 0 aromatic carbocycles. The predicted molar refractivity (Wildman–Crippen MR) is 99.7 cm³/mol. The zero-order chi connectivity index (χ0) is 19.3. The standard InChI is InChI=1S/C15H19NO6S3/c1-5-6-23-13-10(7(2)17)12(20)16(13)11(14(21)22)15(24-8(3)18)25-9(4)19/h5,7,10,13,17H,1,6H2,2-4H3,(H,21,22)/t7-,10+,13-/m1/s1. The SMILES string of the molecule is C=CCS[C@@H]1[C@@H]([C@@H](C)O)C(=O)N1C(C(=O)O)=C(SC(C)=O)SC(C)=O. The summed E-state index contributed by atoms with van der Waals surface area (Å²) in [6.45, 7) is 7.53. The molecule has 1 aliphatic rings. The molecular weight excluding hydrogens is 386 g/mol. The second kappa shape index (κ2) is 9.46. The third kappa shape index (κ3) is 5.37. The summed E-state index contributed by atoms with van der Waals surface area (Å²) >= 11 is 2.44. The smallest absolute Gasteiger partial charge is 0.354 e. The molecule has 3 atom stereocenters. The number of aliphatic carboxylic acids is 1. The zero-order valence-electron chi connectivity index (χ0n) is 13.9. The Balaban J connectivity index is 3.37. The van der Waals surface area contributed by atoms with Gasteiger partial charge in [-0.2, -0.15) is 0 Å². The number of hydrogen-bond donors (Lipinski definition) is 2. The quantitative estimate of drug-likeness (QED) is 0.355. The molecule has 1 amide bonds. The third-order valence-electron chi connectivity index (χ3n) is 3.10. The highest BCUT2D eigenvalue weighted by Gasteiger charge is 2.53. The number of hydrogen-bond acceptors (Lipinski definition) is 8. The van der Waals surface area contributed by atoms with Crippen LogP contribution in [-0.4, -0.2) is 54.5 Å². The summed E-state index contributed by atoms with van der Waals surface area (Å²) in [4.78, 5) is 48.2. The number of likely N-dealkylation sites (tertiary alicyclic amines) is 1. The predicted octanol–water partition coefficient (Wildman–Crippen LogP) is 1.88. The second-order valence-electron chi connectivity index (χ2n) is 5.12. The summed E-state index contributed by atoms with van der Waals surface area (Å²) in [6, 6.07) is 0. The van der Waals surface area contributed by atoms with E-state index in [1.54, 1.807) is 6.08 Å². The van der Waals surface area contributed by atoms with Gasteiger partial charge in [0.2, 0.25) is 5.91 Å². The van der Waals surface area contributed by atoms with Crippen molar-refractivity contribution >= 4 is 57.4 Å². The molecule has 138 valence electrons. The van der Waals surface area contributed by atoms with E-state index >= 15 is 0 Å². The molecular formula is C15H19NO6S3. The van der Waals surface area contributed by atoms with Crippen LogP contribution in [0.4, 0.5) is 0 Å². The van der Waals surface area contributed by atoms with Crippen LogP contribution in [-0.2, 0) is 19.2 Å². The Bertz CT molecular complexity index is 613. The summed E-state index contributed by atoms with van der Waals surface area (Å²) < 4.78 is -0.0610. The van der Waals surface area contributed by atoms with Crippen molar-refractivity contribution in [1.29, 1.82) is 0 Å². The first-order valence-corrected chi connectivity index (χ1v) is 9.88. The third-order valence-corrected chi connectivity index (χ3v) is 6.20. The average molecular weight is 406 g/mol. The molecule has 25 heavy (non-hydrogen) atoms. The molecule has 0 aromatic rings. The van der Waals surface area contributed by atoms with Gasteiger partial charge >= 0.3 is 5.97 Å². The van der Waals surface area contributed by atoms with Gasteiger partial charge in [0.05, 0.1) is 21.6 Å². The van der Waals surface area contributed by atoms with E-state index in [1.165, 1.54) is 32.5 Å². The van der Waals surface area contributed by atoms with Crippen molar-refractivity contribution in [1.82, 2.24) is 4.90 Å². The lowest BCUT2D eigenvalue weighted by Gasteiger charge is -2.48. The lowest BCUT2D eigenvalue weighted by molar-refractivity contribution is -0.157. The largest absolute Gasteiger partial charge is 0.477 e. The maximum Gasteiger partial charge on any atom is 0.354 e. The first kappa shape index (κ1) is 21.8. The molecule has 0 spiro atoms. The Morgan fingerprint density at radius 3 is 2.16 bits per heavy atom. The molecule has 0 radical (unpaired) electrons. The van der Waals surface area contributed by atoms with Crippen molar-refractivity contribution in [2.45, 2.75) is 32.2 Å². The van der Waals surface area contributed by atoms with E-state index in [0.29, 0.717) is 29.3 Å². The van der Waals surface area contributed by atoms with Gasteiger partial charge in [-0.3, -0.25) is 19.3 Å². The summed E-state index contributed by atoms with van der Waals surface area (Å²) in [5, 5.41) is 18.0. The van der Waals surface area contributed by atoms with Gasteiger partial charge in [-0.15, -0.1) is 18.3 Å². The van der Waals surface area contributed by atoms with Gasteiger partial charge in [0.15, 0.2) is 15.9 Å². The van der Waals surface area contributed by atoms with Crippen LogP contribution >= 0.6 is 35.3 Å². The number of rotatable bonds is 8. The minimum absolute atomic E-state index is 0.0610. The molecule has 0 aromatic heterocycles. The number of β-lactam (4-membered cyclic amide) rings is 1. The van der Waals surface area contributed by atoms with Crippen molar-refractivity contribution in [2.75, 3.05) is 5.75 Å². The molecule has 0 bridgehead atoms. The van der Waals surface area contributed by atoms with E-state index in [1.807, 2.05) is 0 Å². The van der Waals surface area contributed by atoms with Crippen molar-refractivity contribution in [3.63, 3.8) is 0 Å². The molecule has 0 aliphatic carbocycles. The fourth-order valence-corrected chi connectivity index (χ4v) is 5.38. The second-order valence-corrected chi connectivity index (χ2v) is 8.90. The zero-order valence-corrected chi connectivity index (χ0v) is 16.4. The van der Waals surface area contributed by atoms with Crippen LogP contribution in [0.25, 0.3) is 0 Å². The van der Waals surface area contributed by atoms with Gasteiger partial charge in [-0.1, -0.05) is 6.08 Å². The molecule has 1 saturated heterocycles. The number of carbonyl (C=O) groups excluding carboxylic acids is 3. The number of amides is 1. The summed E-state index contributed by atoms with van der Waals surface area (Å²) in [7, 11) is 0. The normalized spacial score (nSPS) is 20.5. The fourth-order valence-electron chi connectivity index (χ4n) is 2.18. The minimum atomic E-state index is -1.42. The highest BCUT2D eigenvalue weighted by Crippen LogP contribution is 2.44. The molecule has 0 unspecified atom stereocenters. The molecule has 1 fully saturated rings. The van der Waals surface area contributed by atoms with E-state index in [2.05, 4.69) is 6.58 Å². The van der Waals surface area contributed by atoms with Crippen LogP contribution in [0.5, 0.6) is 0 Å². The highest BCUT2D eigenvalue weighted by molar-refractivity contribution is 8.34. The van der Waals surface area contributed by atoms with Crippen LogP contribution in [0.1, 0.15) is 20.8 Å². The van der Waals surface area contributed by atoms with Crippen molar-refractivity contribution in [2.24, 2.45) is 5.92 Å². The number of thioether (sulfide) groups is 3. The van der Waals surface area contributed by atoms with Gasteiger partial charge in [0.25, 0.3) is 0 Å². The van der Waals surface area contributed by atoms with Crippen LogP contribution in [0.2, 0.25) is 0 Å². The van der Waals surface area contributed by atoms with E-state index in [-0.39, 0.29) is 4.24 Å². The Morgan fingerprint density at radius 1 is 1.28 bits per heavy atom. The number of carboxylic acid groups (broad SMARTS) is 1. The number of nitrogens with zero attached hydrogens (tertiary/aromatic N) is 1. The monoisotopic (exact) mass is 405 g/mol. The van der Waals surface area contributed by atoms with E-state index in [4.69, 9.17) is 0 Å². The summed E-state index contributed by atoms with van der Waals surface area (Å²) in [5.41, 5.74) is -0.413. The maximum atomic E-state index is 12.4. The van der Waals surface area contributed by atoms with Crippen molar-refractivity contribution in [3.05, 3.63) is 22.6 Å². The first-order valence-electron chi connectivity index (χ1n) is 7.19. The molecule has 1 aliphatic heterocycles. The molecule has 10 heteroatoms. The first-order chi connectivity index (χ1) is 11.6. The molecule has 0 saturated carbocycles. The summed E-state index contributed by atoms with van der Waals surface area (Å²) in [6.07, 6.45) is 0.648. The highest BCUT2D eigenvalue weighted by atomic mass is 32.2. The fraction of sp³-hybridized carbons (Fsp3) is 0.467. The van der Waals surface area contributed by atoms with Crippen molar-refractivity contribution in [3.8, 4) is 0 Å². The molecule has 7 nitrogen and oxygen atoms in total. The van der Waals surface area contributed by atoms with Gasteiger partial charge in [0.1, 0.15) is 0 Å². The van der Waals surface area contributed by atoms with E-state index in [0.717, 1.165) is 4.90 Å². The van der Waals surface area contributed by atoms with Crippen molar-refractivity contribution < 1.29 is 29.4 Å². The van der Waals surface area contributed by atoms with Crippen LogP contribution in [0, 0.1) is 5.92 Å². The van der Waals surface area contributed by atoms with Crippen LogP contribution < -0.4 is 0 Å². The molecule has 1 heterocycles. The Kier molecular flexibility index (Phi) is 8.26. The topological polar surface area (TPSA) is 112 Å². The lowest BCUT2D eigenvalue weighted by Crippen LogP contribution is -2.63. The lowest BCUT2D eigenvalue weighted by atomic mass is 9.92. The Labute approximate surface area is 158 Å². The van der Waals surface area contributed by atoms with Gasteiger partial charge in [0, 0.05) is 19.6 Å². The van der Waals surface area contributed by atoms with E-state index < -0.39 is 45.2 Å². The maximum absolute atomic E-state index is 12.4. The molecule has 2 N–H and O–H groups in total. The minimum Gasteiger partial charge on any atom is -0.477 e. The van der Waals surface area contributed by atoms with Gasteiger partial charge < -0.3 is 10.2 Å². The van der Waals surface area contributed by atoms with E-state index in [9.17, 15) is 29.4 Å². The average Bonchev–Trinajstić information content (AvgIpc) is 2.45. The number of aliphatic hydroxyl groups is 1. The van der Waals surface area contributed by atoms with Gasteiger partial charge in [-0.25, -0.2) is 4.79 Å². The van der Waals surface area contributed by atoms with Gasteiger partial charge in [-0.05, 0) is 30.4 Å². The molecule has 1 rings (SSSR count). The Hall–Kier alpha value is -1.23. The number of aliphatic hydroxyl groups excluding tert-OH is 1.